The molecular weight excluding hydrogens is 2130 g/mol. The maximum absolute atomic E-state index is 13.1. The van der Waals surface area contributed by atoms with Crippen LogP contribution >= 0.6 is 119 Å². The van der Waals surface area contributed by atoms with Crippen LogP contribution in [0, 0.1) is 5.92 Å². The monoisotopic (exact) mass is 2200 g/mol. The van der Waals surface area contributed by atoms with Crippen LogP contribution in [0.15, 0.2) is 228 Å². The van der Waals surface area contributed by atoms with Gasteiger partial charge in [-0.1, -0.05) is 64.9 Å². The summed E-state index contributed by atoms with van der Waals surface area (Å²) in [6.07, 6.45) is 3.64. The number of hydrogen-bond donors (Lipinski definition) is 12. The Kier molecular flexibility index (Phi) is 31.7. The number of amides is 16. The average Bonchev–Trinajstić information content (AvgIpc) is 1.44. The van der Waals surface area contributed by atoms with E-state index in [2.05, 4.69) is 58.5 Å². The molecule has 139 heavy (non-hydrogen) atoms. The Labute approximate surface area is 843 Å². The number of anilines is 12. The second-order valence-corrected chi connectivity index (χ2v) is 46.2. The van der Waals surface area contributed by atoms with Gasteiger partial charge in [0.05, 0.1) is 76.5 Å². The Morgan fingerprint density at radius 3 is 0.899 bits per heavy atom. The van der Waals surface area contributed by atoms with E-state index in [1.807, 2.05) is 50.1 Å². The Morgan fingerprint density at radius 2 is 0.619 bits per heavy atom. The molecule has 1 saturated carbocycles. The highest BCUT2D eigenvalue weighted by molar-refractivity contribution is 9.10. The van der Waals surface area contributed by atoms with E-state index in [0.717, 1.165) is 102 Å². The van der Waals surface area contributed by atoms with E-state index < -0.39 is 93.8 Å². The summed E-state index contributed by atoms with van der Waals surface area (Å²) >= 11 is 35.9. The van der Waals surface area contributed by atoms with Crippen molar-refractivity contribution in [3.8, 4) is 0 Å². The van der Waals surface area contributed by atoms with Gasteiger partial charge in [0.25, 0.3) is 63.7 Å². The molecule has 4 aromatic heterocycles. The number of halogens is 6. The van der Waals surface area contributed by atoms with Crippen molar-refractivity contribution in [1.29, 1.82) is 0 Å². The molecule has 0 unspecified atom stereocenters. The SMILES string of the molecule is CCCNc1ccc2c(c1)CC(=O)N(c1ccc(NC(=O)NS(=O)(=O)c3ccc(Cl)s3)cc1)C2=O.CNc1cc2c(cc1Br)C(=O)N(c1ccc(NC(=O)NS(=O)(=O)c3ccc(Cl)s3)cc1)C(=O)C2.CNc1cc2c(cc1Cl)C(=O)N(c1ccc(NC(=O)NS(=O)(=O)c3ccc(Cl)s3)cc1)C(=O)C2.O=C(Nc1ccc(N2C(=O)Cc3cc(NCC4CC4)ccc3C2=O)cc1)NS(=O)(=O)c1ccc(Cl)s1. The zero-order valence-corrected chi connectivity index (χ0v) is 84.0. The fraction of sp³-hybridized carbons (Fsp3) is 0.146. The second kappa shape index (κ2) is 43.3. The van der Waals surface area contributed by atoms with Gasteiger partial charge >= 0.3 is 24.1 Å². The van der Waals surface area contributed by atoms with Gasteiger partial charge in [0.15, 0.2) is 0 Å². The van der Waals surface area contributed by atoms with Crippen LogP contribution in [-0.4, -0.2) is 132 Å². The van der Waals surface area contributed by atoms with Crippen LogP contribution in [0.3, 0.4) is 0 Å². The molecule has 50 heteroatoms. The highest BCUT2D eigenvalue weighted by Gasteiger charge is 2.39. The van der Waals surface area contributed by atoms with Gasteiger partial charge in [-0.2, -0.15) is 0 Å². The number of imide groups is 4. The van der Waals surface area contributed by atoms with Gasteiger partial charge in [0.1, 0.15) is 16.8 Å². The number of fused-ring (bicyclic) bond motifs is 4. The highest BCUT2D eigenvalue weighted by Crippen LogP contribution is 2.39. The molecule has 0 bridgehead atoms. The predicted molar refractivity (Wildman–Crippen MR) is 540 cm³/mol. The molecular formula is C89H74BrCl5N16O20S8. The van der Waals surface area contributed by atoms with E-state index in [1.54, 1.807) is 44.4 Å². The molecule has 8 heterocycles. The Balaban J connectivity index is 0.000000148. The van der Waals surface area contributed by atoms with Gasteiger partial charge < -0.3 is 42.5 Å². The number of sulfonamides is 4. The van der Waals surface area contributed by atoms with Crippen LogP contribution in [0.1, 0.15) is 89.9 Å². The number of carbonyl (C=O) groups excluding carboxylic acids is 12. The number of nitrogens with zero attached hydrogens (tertiary/aromatic N) is 4. The predicted octanol–water partition coefficient (Wildman–Crippen LogP) is 17.7. The zero-order valence-electron chi connectivity index (χ0n) is 72.1. The first kappa shape index (κ1) is 102. The maximum Gasteiger partial charge on any atom is 0.333 e. The normalized spacial score (nSPS) is 13.9. The van der Waals surface area contributed by atoms with Gasteiger partial charge in [0, 0.05) is 93.7 Å². The first-order valence-electron chi connectivity index (χ1n) is 41.0. The minimum absolute atomic E-state index is 0.0138. The van der Waals surface area contributed by atoms with Gasteiger partial charge in [-0.15, -0.1) is 45.3 Å². The zero-order chi connectivity index (χ0) is 99.9. The number of thiophene rings is 4. The molecule has 0 radical (unpaired) electrons. The molecule has 12 aromatic rings. The van der Waals surface area contributed by atoms with E-state index in [4.69, 9.17) is 58.0 Å². The lowest BCUT2D eigenvalue weighted by molar-refractivity contribution is -0.118. The molecule has 1 fully saturated rings. The summed E-state index contributed by atoms with van der Waals surface area (Å²) in [5.74, 6) is -2.66. The molecule has 16 amide bonds. The lowest BCUT2D eigenvalue weighted by Gasteiger charge is -2.27. The summed E-state index contributed by atoms with van der Waals surface area (Å²) in [5.41, 5.74) is 9.70. The molecule has 0 atom stereocenters. The largest absolute Gasteiger partial charge is 0.387 e. The number of benzene rings is 8. The second-order valence-electron chi connectivity index (χ2n) is 30.5. The topological polar surface area (TPSA) is 499 Å². The minimum Gasteiger partial charge on any atom is -0.387 e. The first-order valence-corrected chi connectivity index (χ1v) is 52.9. The summed E-state index contributed by atoms with van der Waals surface area (Å²) < 4.78 is 107. The number of hydrogen-bond acceptors (Lipinski definition) is 28. The van der Waals surface area contributed by atoms with Crippen LogP contribution in [0.2, 0.25) is 22.4 Å². The van der Waals surface area contributed by atoms with Gasteiger partial charge in [0.2, 0.25) is 23.6 Å². The van der Waals surface area contributed by atoms with Crippen molar-refractivity contribution >= 4 is 299 Å². The third kappa shape index (κ3) is 24.7. The highest BCUT2D eigenvalue weighted by atomic mass is 79.9. The summed E-state index contributed by atoms with van der Waals surface area (Å²) in [5, 5.41) is 22.5. The van der Waals surface area contributed by atoms with E-state index in [-0.39, 0.29) is 100 Å². The van der Waals surface area contributed by atoms with E-state index in [0.29, 0.717) is 88.4 Å². The molecule has 8 aromatic carbocycles. The van der Waals surface area contributed by atoms with Crippen molar-refractivity contribution in [1.82, 2.24) is 18.9 Å². The smallest absolute Gasteiger partial charge is 0.333 e. The van der Waals surface area contributed by atoms with Crippen LogP contribution < -0.4 is 81.0 Å². The number of nitrogens with one attached hydrogen (secondary N) is 12. The van der Waals surface area contributed by atoms with E-state index >= 15 is 0 Å². The lowest BCUT2D eigenvalue weighted by atomic mass is 9.97. The Morgan fingerprint density at radius 1 is 0.345 bits per heavy atom. The summed E-state index contributed by atoms with van der Waals surface area (Å²) in [6.45, 7) is 3.73. The van der Waals surface area contributed by atoms with Crippen molar-refractivity contribution in [3.05, 3.63) is 278 Å². The molecule has 4 aliphatic heterocycles. The van der Waals surface area contributed by atoms with Gasteiger partial charge in [-0.3, -0.25) is 38.4 Å². The molecule has 12 N–H and O–H groups in total. The third-order valence-corrected chi connectivity index (χ3v) is 34.0. The van der Waals surface area contributed by atoms with Crippen LogP contribution in [0.25, 0.3) is 0 Å². The van der Waals surface area contributed by atoms with Gasteiger partial charge in [-0.25, -0.2) is 91.3 Å². The molecule has 36 nitrogen and oxygen atoms in total. The molecule has 17 rings (SSSR count). The van der Waals surface area contributed by atoms with Crippen molar-refractivity contribution in [2.24, 2.45) is 5.92 Å². The standard InChI is InChI=1S/C24H21ClN4O5S2.C23H21ClN4O5S2.C21H16BrClN4O5S2.C21H16Cl2N4O5S2/c25-20-9-10-22(35-20)36(33,34)28-24(32)27-16-3-6-18(7-4-16)29-21(30)12-15-11-17(26-13-14-1-2-14)5-8-19(15)23(29)31;1-2-11-25-16-5-8-18-14(12-16)13-20(29)28(22(18)30)17-6-3-15(4-7-17)26-23(31)27-35(32,33)21-10-9-19(24)34-21;2*1-24-16-8-11-9-18(28)27(20(29)14(11)10-15(16)22)13-4-2-12(3-5-13)25-21(30)26-34(31,32)19-7-6-17(23)33-19/h3-11,14,26H,1-2,12-13H2,(H2,27,28,32);3-10,12,25H,2,11,13H2,1H3,(H2,26,27,31);2*2-8,10,24H,9H2,1H3,(H2,25,26,30). The summed E-state index contributed by atoms with van der Waals surface area (Å²) in [6, 6.07) is 48.0. The lowest BCUT2D eigenvalue weighted by Crippen LogP contribution is -2.42. The molecule has 720 valence electrons. The van der Waals surface area contributed by atoms with E-state index in [1.165, 1.54) is 165 Å². The number of carbonyl (C=O) groups is 12. The third-order valence-electron chi connectivity index (χ3n) is 20.8. The van der Waals surface area contributed by atoms with Crippen LogP contribution in [-0.2, 0) is 85.0 Å². The molecule has 1 aliphatic carbocycles. The maximum atomic E-state index is 13.1. The fourth-order valence-corrected chi connectivity index (χ4v) is 24.4. The molecule has 0 spiro atoms. The summed E-state index contributed by atoms with van der Waals surface area (Å²) in [7, 11) is -12.8. The average molecular weight is 2200 g/mol. The first-order chi connectivity index (χ1) is 66.0. The molecule has 5 aliphatic rings. The van der Waals surface area contributed by atoms with Crippen molar-refractivity contribution in [2.45, 2.75) is 68.7 Å². The quantitative estimate of drug-likeness (QED) is 0.0250. The number of rotatable bonds is 24. The van der Waals surface area contributed by atoms with Crippen LogP contribution in [0.4, 0.5) is 87.4 Å². The number of urea groups is 4. The van der Waals surface area contributed by atoms with E-state index in [9.17, 15) is 91.2 Å². The van der Waals surface area contributed by atoms with Crippen molar-refractivity contribution < 1.29 is 91.2 Å². The van der Waals surface area contributed by atoms with Crippen molar-refractivity contribution in [2.75, 3.05) is 89.3 Å². The van der Waals surface area contributed by atoms with Gasteiger partial charge in [-0.05, 0) is 270 Å². The Hall–Kier alpha value is -12.9. The van der Waals surface area contributed by atoms with Crippen LogP contribution in [0.5, 0.6) is 0 Å². The fourth-order valence-electron chi connectivity index (χ4n) is 14.1. The summed E-state index contributed by atoms with van der Waals surface area (Å²) in [4.78, 5) is 156. The van der Waals surface area contributed by atoms with Crippen molar-refractivity contribution in [3.63, 3.8) is 0 Å². The Bertz CT molecular complexity index is 7250. The minimum atomic E-state index is -4.08. The molecule has 0 saturated heterocycles.